The van der Waals surface area contributed by atoms with Crippen LogP contribution in [0.1, 0.15) is 111 Å². The van der Waals surface area contributed by atoms with Gasteiger partial charge in [-0.05, 0) is 64.2 Å². The Labute approximate surface area is 173 Å². The van der Waals surface area contributed by atoms with Crippen molar-refractivity contribution in [2.45, 2.75) is 117 Å². The molecule has 2 rings (SSSR count). The molecule has 0 aliphatic heterocycles. The normalized spacial score (nSPS) is 27.3. The number of carbonyl (C=O) groups is 2. The molecular weight excluding hydrogens is 352 g/mol. The summed E-state index contributed by atoms with van der Waals surface area (Å²) in [6.07, 6.45) is 14.4. The Kier molecular flexibility index (Phi) is 13.3. The van der Waals surface area contributed by atoms with E-state index in [0.717, 1.165) is 57.3 Å². The number of ether oxygens (including phenoxy) is 2. The predicted octanol–water partition coefficient (Wildman–Crippen LogP) is 6.45. The van der Waals surface area contributed by atoms with Gasteiger partial charge < -0.3 is 9.47 Å². The van der Waals surface area contributed by atoms with Crippen LogP contribution in [0.25, 0.3) is 0 Å². The number of hydrogen-bond donors (Lipinski definition) is 0. The molecule has 0 aromatic heterocycles. The molecule has 2 saturated carbocycles. The molecule has 0 spiro atoms. The van der Waals surface area contributed by atoms with E-state index in [-0.39, 0.29) is 29.9 Å². The Morgan fingerprint density at radius 1 is 0.714 bits per heavy atom. The highest BCUT2D eigenvalue weighted by Crippen LogP contribution is 2.32. The van der Waals surface area contributed by atoms with Crippen LogP contribution in [0, 0.1) is 17.8 Å². The van der Waals surface area contributed by atoms with Crippen LogP contribution in [0.5, 0.6) is 0 Å². The molecule has 0 aromatic carbocycles. The lowest BCUT2D eigenvalue weighted by Gasteiger charge is -2.30. The van der Waals surface area contributed by atoms with Crippen LogP contribution in [0.15, 0.2) is 0 Å². The summed E-state index contributed by atoms with van der Waals surface area (Å²) < 4.78 is 10.7. The van der Waals surface area contributed by atoms with Crippen LogP contribution in [0.3, 0.4) is 0 Å². The third-order valence-corrected chi connectivity index (χ3v) is 6.13. The van der Waals surface area contributed by atoms with Crippen LogP contribution in [0.4, 0.5) is 0 Å². The van der Waals surface area contributed by atoms with E-state index in [1.807, 2.05) is 6.92 Å². The van der Waals surface area contributed by atoms with E-state index in [0.29, 0.717) is 6.61 Å². The molecule has 2 fully saturated rings. The van der Waals surface area contributed by atoms with Gasteiger partial charge in [0.15, 0.2) is 0 Å². The van der Waals surface area contributed by atoms with Crippen molar-refractivity contribution in [3.8, 4) is 0 Å². The first kappa shape index (κ1) is 25.0. The Morgan fingerprint density at radius 3 is 1.71 bits per heavy atom. The van der Waals surface area contributed by atoms with Gasteiger partial charge in [-0.2, -0.15) is 0 Å². The second-order valence-electron chi connectivity index (χ2n) is 8.68. The first-order valence-electron chi connectivity index (χ1n) is 11.9. The molecule has 2 aliphatic rings. The van der Waals surface area contributed by atoms with E-state index < -0.39 is 0 Å². The highest BCUT2D eigenvalue weighted by Gasteiger charge is 2.31. The molecule has 0 N–H and O–H groups in total. The van der Waals surface area contributed by atoms with Gasteiger partial charge in [0.25, 0.3) is 0 Å². The average Bonchev–Trinajstić information content (AvgIpc) is 2.70. The number of rotatable bonds is 8. The Hall–Kier alpha value is -1.06. The summed E-state index contributed by atoms with van der Waals surface area (Å²) in [4.78, 5) is 23.9. The summed E-state index contributed by atoms with van der Waals surface area (Å²) in [5.41, 5.74) is 0. The fraction of sp³-hybridized carbons (Fsp3) is 0.917. The van der Waals surface area contributed by atoms with Crippen LogP contribution in [-0.2, 0) is 19.1 Å². The zero-order valence-electron chi connectivity index (χ0n) is 18.8. The first-order valence-corrected chi connectivity index (χ1v) is 11.9. The lowest BCUT2D eigenvalue weighted by Crippen LogP contribution is -2.31. The third kappa shape index (κ3) is 9.93. The molecule has 0 heterocycles. The maximum absolute atomic E-state index is 12.2. The van der Waals surface area contributed by atoms with E-state index in [4.69, 9.17) is 9.47 Å². The van der Waals surface area contributed by atoms with Crippen molar-refractivity contribution in [1.82, 2.24) is 0 Å². The van der Waals surface area contributed by atoms with Crippen LogP contribution < -0.4 is 0 Å². The fourth-order valence-electron chi connectivity index (χ4n) is 4.11. The summed E-state index contributed by atoms with van der Waals surface area (Å²) in [5.74, 6) is 0.735. The lowest BCUT2D eigenvalue weighted by molar-refractivity contribution is -0.159. The first-order chi connectivity index (χ1) is 13.5. The van der Waals surface area contributed by atoms with Crippen molar-refractivity contribution in [2.24, 2.45) is 17.8 Å². The summed E-state index contributed by atoms with van der Waals surface area (Å²) in [6.45, 7) is 9.01. The third-order valence-electron chi connectivity index (χ3n) is 6.13. The van der Waals surface area contributed by atoms with Crippen LogP contribution in [-0.4, -0.2) is 24.6 Å². The van der Waals surface area contributed by atoms with E-state index in [1.54, 1.807) is 0 Å². The smallest absolute Gasteiger partial charge is 0.309 e. The minimum atomic E-state index is -0.0939. The van der Waals surface area contributed by atoms with Gasteiger partial charge in [0.1, 0.15) is 6.10 Å². The second kappa shape index (κ2) is 14.9. The molecular formula is C24H44O4. The van der Waals surface area contributed by atoms with Crippen molar-refractivity contribution in [3.05, 3.63) is 0 Å². The molecule has 0 unspecified atom stereocenters. The molecule has 0 amide bonds. The topological polar surface area (TPSA) is 52.6 Å². The zero-order valence-corrected chi connectivity index (χ0v) is 18.8. The Bertz CT molecular complexity index is 414. The molecule has 164 valence electrons. The average molecular weight is 397 g/mol. The fourth-order valence-corrected chi connectivity index (χ4v) is 4.11. The molecule has 0 atom stereocenters. The van der Waals surface area contributed by atoms with E-state index in [9.17, 15) is 9.59 Å². The monoisotopic (exact) mass is 396 g/mol. The molecule has 0 aromatic rings. The van der Waals surface area contributed by atoms with Crippen LogP contribution >= 0.6 is 0 Å². The quantitative estimate of drug-likeness (QED) is 0.349. The molecule has 4 nitrogen and oxygen atoms in total. The molecule has 4 heteroatoms. The molecule has 0 radical (unpaired) electrons. The van der Waals surface area contributed by atoms with E-state index >= 15 is 0 Å². The van der Waals surface area contributed by atoms with Gasteiger partial charge in [-0.3, -0.25) is 9.59 Å². The van der Waals surface area contributed by atoms with Crippen molar-refractivity contribution >= 4 is 11.9 Å². The second-order valence-corrected chi connectivity index (χ2v) is 8.68. The predicted molar refractivity (Wildman–Crippen MR) is 114 cm³/mol. The number of unbranched alkanes of at least 4 members (excludes halogenated alkanes) is 4. The van der Waals surface area contributed by atoms with Gasteiger partial charge in [0, 0.05) is 0 Å². The van der Waals surface area contributed by atoms with Gasteiger partial charge in [0.05, 0.1) is 18.4 Å². The molecule has 0 bridgehead atoms. The standard InChI is InChI=1S/C17H28O4.C7H16/c1-3-20-16(18)13-8-10-15(11-9-13)21-17(19)14-6-4-12(2)5-7-14;1-3-5-7-6-4-2/h12-15H,3-11H2,1-2H3;3-7H2,1-2H3. The summed E-state index contributed by atoms with van der Waals surface area (Å²) in [7, 11) is 0. The SMILES string of the molecule is CCCCCCC.CCOC(=O)C1CCC(OC(=O)C2CCC(C)CC2)CC1. The van der Waals surface area contributed by atoms with Gasteiger partial charge in [-0.1, -0.05) is 52.9 Å². The number of hydrogen-bond acceptors (Lipinski definition) is 4. The van der Waals surface area contributed by atoms with Crippen LogP contribution in [0.2, 0.25) is 0 Å². The summed E-state index contributed by atoms with van der Waals surface area (Å²) in [6, 6.07) is 0. The Balaban J connectivity index is 0.000000480. The van der Waals surface area contributed by atoms with E-state index in [1.165, 1.54) is 32.1 Å². The van der Waals surface area contributed by atoms with Gasteiger partial charge >= 0.3 is 11.9 Å². The maximum Gasteiger partial charge on any atom is 0.309 e. The van der Waals surface area contributed by atoms with Crippen molar-refractivity contribution in [3.63, 3.8) is 0 Å². The highest BCUT2D eigenvalue weighted by atomic mass is 16.5. The van der Waals surface area contributed by atoms with Crippen molar-refractivity contribution in [2.75, 3.05) is 6.61 Å². The molecule has 2 aliphatic carbocycles. The van der Waals surface area contributed by atoms with Crippen molar-refractivity contribution in [1.29, 1.82) is 0 Å². The van der Waals surface area contributed by atoms with E-state index in [2.05, 4.69) is 20.8 Å². The summed E-state index contributed by atoms with van der Waals surface area (Å²) >= 11 is 0. The lowest BCUT2D eigenvalue weighted by atomic mass is 9.83. The minimum absolute atomic E-state index is 0.00234. The number of esters is 2. The number of carbonyl (C=O) groups excluding carboxylic acids is 2. The molecule has 28 heavy (non-hydrogen) atoms. The van der Waals surface area contributed by atoms with Crippen molar-refractivity contribution < 1.29 is 19.1 Å². The maximum atomic E-state index is 12.2. The highest BCUT2D eigenvalue weighted by molar-refractivity contribution is 5.73. The van der Waals surface area contributed by atoms with Gasteiger partial charge in [-0.15, -0.1) is 0 Å². The Morgan fingerprint density at radius 2 is 1.21 bits per heavy atom. The largest absolute Gasteiger partial charge is 0.466 e. The minimum Gasteiger partial charge on any atom is -0.466 e. The zero-order chi connectivity index (χ0) is 20.8. The molecule has 0 saturated heterocycles. The van der Waals surface area contributed by atoms with Gasteiger partial charge in [-0.25, -0.2) is 0 Å². The summed E-state index contributed by atoms with van der Waals surface area (Å²) in [5, 5.41) is 0. The van der Waals surface area contributed by atoms with Gasteiger partial charge in [0.2, 0.25) is 0 Å².